The molecule has 1 heterocycles. The highest BCUT2D eigenvalue weighted by Crippen LogP contribution is 2.29. The predicted molar refractivity (Wildman–Crippen MR) is 68.9 cm³/mol. The first-order chi connectivity index (χ1) is 7.59. The van der Waals surface area contributed by atoms with E-state index in [-0.39, 0.29) is 16.8 Å². The Morgan fingerprint density at radius 3 is 2.88 bits per heavy atom. The molecular formula is C12H13BrClNO. The Balaban J connectivity index is 2.19. The number of benzene rings is 1. The Hall–Kier alpha value is -0.540. The van der Waals surface area contributed by atoms with Crippen LogP contribution in [0.15, 0.2) is 24.3 Å². The van der Waals surface area contributed by atoms with Crippen LogP contribution in [0.1, 0.15) is 24.9 Å². The summed E-state index contributed by atoms with van der Waals surface area (Å²) >= 11 is 9.33. The van der Waals surface area contributed by atoms with E-state index >= 15 is 0 Å². The summed E-state index contributed by atoms with van der Waals surface area (Å²) in [4.78, 5) is 13.7. The number of alkyl halides is 1. The van der Waals surface area contributed by atoms with Gasteiger partial charge in [-0.2, -0.15) is 0 Å². The zero-order chi connectivity index (χ0) is 11.7. The van der Waals surface area contributed by atoms with Crippen LogP contribution in [0.2, 0.25) is 5.02 Å². The van der Waals surface area contributed by atoms with Crippen molar-refractivity contribution >= 4 is 33.4 Å². The number of carbonyl (C=O) groups excluding carboxylic acids is 1. The molecule has 0 N–H and O–H groups in total. The van der Waals surface area contributed by atoms with E-state index in [1.165, 1.54) is 0 Å². The molecule has 2 rings (SSSR count). The molecule has 0 aromatic heterocycles. The van der Waals surface area contributed by atoms with Crippen LogP contribution >= 0.6 is 27.5 Å². The van der Waals surface area contributed by atoms with Gasteiger partial charge in [-0.1, -0.05) is 39.7 Å². The van der Waals surface area contributed by atoms with Crippen molar-refractivity contribution in [2.24, 2.45) is 0 Å². The molecule has 0 bridgehead atoms. The molecule has 86 valence electrons. The van der Waals surface area contributed by atoms with Crippen molar-refractivity contribution in [3.8, 4) is 0 Å². The SMILES string of the molecule is CC(c1cccc(Cl)c1)N1CCC(Br)C1=O. The number of carbonyl (C=O) groups is 1. The van der Waals surface area contributed by atoms with Crippen molar-refractivity contribution in [1.29, 1.82) is 0 Å². The highest BCUT2D eigenvalue weighted by molar-refractivity contribution is 9.10. The minimum Gasteiger partial charge on any atom is -0.335 e. The molecule has 4 heteroatoms. The van der Waals surface area contributed by atoms with Crippen LogP contribution in [0.25, 0.3) is 0 Å². The fourth-order valence-corrected chi connectivity index (χ4v) is 2.66. The zero-order valence-electron chi connectivity index (χ0n) is 8.99. The first kappa shape index (κ1) is 11.9. The Kier molecular flexibility index (Phi) is 3.55. The summed E-state index contributed by atoms with van der Waals surface area (Å²) in [6.07, 6.45) is 0.879. The van der Waals surface area contributed by atoms with Crippen molar-refractivity contribution in [2.75, 3.05) is 6.54 Å². The van der Waals surface area contributed by atoms with Crippen LogP contribution in [0.4, 0.5) is 0 Å². The Morgan fingerprint density at radius 2 is 2.31 bits per heavy atom. The van der Waals surface area contributed by atoms with E-state index in [1.54, 1.807) is 0 Å². The molecule has 16 heavy (non-hydrogen) atoms. The van der Waals surface area contributed by atoms with E-state index in [1.807, 2.05) is 36.1 Å². The summed E-state index contributed by atoms with van der Waals surface area (Å²) in [5.41, 5.74) is 1.09. The van der Waals surface area contributed by atoms with Gasteiger partial charge in [0.1, 0.15) is 0 Å². The number of hydrogen-bond donors (Lipinski definition) is 0. The molecule has 1 aliphatic rings. The lowest BCUT2D eigenvalue weighted by Gasteiger charge is -2.24. The molecule has 2 unspecified atom stereocenters. The monoisotopic (exact) mass is 301 g/mol. The molecule has 1 amide bonds. The summed E-state index contributed by atoms with van der Waals surface area (Å²) in [5, 5.41) is 0.714. The van der Waals surface area contributed by atoms with Crippen molar-refractivity contribution in [3.63, 3.8) is 0 Å². The molecule has 1 aromatic rings. The van der Waals surface area contributed by atoms with E-state index in [0.717, 1.165) is 18.5 Å². The average Bonchev–Trinajstić information content (AvgIpc) is 2.59. The van der Waals surface area contributed by atoms with Gasteiger partial charge in [0.05, 0.1) is 10.9 Å². The van der Waals surface area contributed by atoms with Gasteiger partial charge in [-0.25, -0.2) is 0 Å². The maximum absolute atomic E-state index is 11.9. The topological polar surface area (TPSA) is 20.3 Å². The highest BCUT2D eigenvalue weighted by Gasteiger charge is 2.32. The second kappa shape index (κ2) is 4.76. The summed E-state index contributed by atoms with van der Waals surface area (Å²) in [6, 6.07) is 7.78. The van der Waals surface area contributed by atoms with E-state index in [0.29, 0.717) is 5.02 Å². The Bertz CT molecular complexity index is 410. The van der Waals surface area contributed by atoms with Crippen LogP contribution in [-0.2, 0) is 4.79 Å². The summed E-state index contributed by atoms with van der Waals surface area (Å²) in [6.45, 7) is 2.84. The van der Waals surface area contributed by atoms with E-state index < -0.39 is 0 Å². The van der Waals surface area contributed by atoms with Crippen LogP contribution in [-0.4, -0.2) is 22.2 Å². The Labute approximate surface area is 109 Å². The van der Waals surface area contributed by atoms with E-state index in [9.17, 15) is 4.79 Å². The lowest BCUT2D eigenvalue weighted by Crippen LogP contribution is -2.30. The number of halogens is 2. The fraction of sp³-hybridized carbons (Fsp3) is 0.417. The fourth-order valence-electron chi connectivity index (χ4n) is 2.00. The number of rotatable bonds is 2. The third kappa shape index (κ3) is 2.25. The van der Waals surface area contributed by atoms with Gasteiger partial charge in [0.2, 0.25) is 5.91 Å². The number of nitrogens with zero attached hydrogens (tertiary/aromatic N) is 1. The lowest BCUT2D eigenvalue weighted by atomic mass is 10.1. The first-order valence-electron chi connectivity index (χ1n) is 5.29. The van der Waals surface area contributed by atoms with Crippen molar-refractivity contribution < 1.29 is 4.79 Å². The number of hydrogen-bond acceptors (Lipinski definition) is 1. The second-order valence-electron chi connectivity index (χ2n) is 4.02. The largest absolute Gasteiger partial charge is 0.335 e. The van der Waals surface area contributed by atoms with Crippen molar-refractivity contribution in [3.05, 3.63) is 34.9 Å². The smallest absolute Gasteiger partial charge is 0.236 e. The molecule has 0 radical (unpaired) electrons. The standard InChI is InChI=1S/C12H13BrClNO/c1-8(9-3-2-4-10(14)7-9)15-6-5-11(13)12(15)16/h2-4,7-8,11H,5-6H2,1H3. The minimum atomic E-state index is -0.0193. The molecular weight excluding hydrogens is 289 g/mol. The van der Waals surface area contributed by atoms with Gasteiger partial charge < -0.3 is 4.90 Å². The quantitative estimate of drug-likeness (QED) is 0.767. The van der Waals surface area contributed by atoms with E-state index in [4.69, 9.17) is 11.6 Å². The van der Waals surface area contributed by atoms with Gasteiger partial charge in [-0.15, -0.1) is 0 Å². The van der Waals surface area contributed by atoms with Crippen LogP contribution < -0.4 is 0 Å². The third-order valence-corrected chi connectivity index (χ3v) is 4.06. The highest BCUT2D eigenvalue weighted by atomic mass is 79.9. The first-order valence-corrected chi connectivity index (χ1v) is 6.59. The maximum Gasteiger partial charge on any atom is 0.236 e. The molecule has 1 saturated heterocycles. The van der Waals surface area contributed by atoms with Crippen molar-refractivity contribution in [2.45, 2.75) is 24.2 Å². The van der Waals surface area contributed by atoms with Gasteiger partial charge in [0.25, 0.3) is 0 Å². The lowest BCUT2D eigenvalue weighted by molar-refractivity contribution is -0.128. The van der Waals surface area contributed by atoms with Gasteiger partial charge in [0, 0.05) is 11.6 Å². The van der Waals surface area contributed by atoms with Gasteiger partial charge in [-0.3, -0.25) is 4.79 Å². The summed E-state index contributed by atoms with van der Waals surface area (Å²) < 4.78 is 0. The molecule has 1 fully saturated rings. The molecule has 1 aliphatic heterocycles. The van der Waals surface area contributed by atoms with Crippen LogP contribution in [0, 0.1) is 0 Å². The van der Waals surface area contributed by atoms with Gasteiger partial charge in [0.15, 0.2) is 0 Å². The average molecular weight is 303 g/mol. The summed E-state index contributed by atoms with van der Waals surface area (Å²) in [7, 11) is 0. The summed E-state index contributed by atoms with van der Waals surface area (Å²) in [5.74, 6) is 0.174. The third-order valence-electron chi connectivity index (χ3n) is 2.97. The normalized spacial score (nSPS) is 22.6. The predicted octanol–water partition coefficient (Wildman–Crippen LogP) is 3.40. The molecule has 2 nitrogen and oxygen atoms in total. The number of amides is 1. The minimum absolute atomic E-state index is 0.0193. The van der Waals surface area contributed by atoms with Crippen LogP contribution in [0.3, 0.4) is 0 Å². The van der Waals surface area contributed by atoms with Gasteiger partial charge in [-0.05, 0) is 31.0 Å². The second-order valence-corrected chi connectivity index (χ2v) is 5.56. The van der Waals surface area contributed by atoms with Gasteiger partial charge >= 0.3 is 0 Å². The maximum atomic E-state index is 11.9. The molecule has 0 aliphatic carbocycles. The Morgan fingerprint density at radius 1 is 1.56 bits per heavy atom. The molecule has 0 saturated carbocycles. The molecule has 1 aromatic carbocycles. The molecule has 0 spiro atoms. The van der Waals surface area contributed by atoms with E-state index in [2.05, 4.69) is 15.9 Å². The van der Waals surface area contributed by atoms with Crippen LogP contribution in [0.5, 0.6) is 0 Å². The number of likely N-dealkylation sites (tertiary alicyclic amines) is 1. The zero-order valence-corrected chi connectivity index (χ0v) is 11.3. The van der Waals surface area contributed by atoms with Crippen molar-refractivity contribution in [1.82, 2.24) is 4.90 Å². The molecule has 2 atom stereocenters.